The molecule has 0 fully saturated rings. The lowest BCUT2D eigenvalue weighted by molar-refractivity contribution is -0.115. The smallest absolute Gasteiger partial charge is 0.255 e. The van der Waals surface area contributed by atoms with Gasteiger partial charge in [0.25, 0.3) is 5.91 Å². The Labute approximate surface area is 208 Å². The van der Waals surface area contributed by atoms with Gasteiger partial charge in [-0.2, -0.15) is 0 Å². The van der Waals surface area contributed by atoms with Crippen molar-refractivity contribution in [3.8, 4) is 11.3 Å². The van der Waals surface area contributed by atoms with Gasteiger partial charge < -0.3 is 20.9 Å². The molecule has 3 heterocycles. The van der Waals surface area contributed by atoms with E-state index in [1.54, 1.807) is 24.4 Å². The molecule has 1 aliphatic heterocycles. The Hall–Kier alpha value is -4.46. The van der Waals surface area contributed by atoms with Crippen LogP contribution in [0, 0.1) is 5.82 Å². The van der Waals surface area contributed by atoms with Crippen molar-refractivity contribution in [2.75, 3.05) is 17.2 Å². The van der Waals surface area contributed by atoms with Gasteiger partial charge in [-0.25, -0.2) is 9.37 Å². The van der Waals surface area contributed by atoms with Crippen LogP contribution in [0.1, 0.15) is 40.9 Å². The van der Waals surface area contributed by atoms with Crippen LogP contribution in [-0.4, -0.2) is 28.3 Å². The number of aromatic nitrogens is 2. The number of anilines is 3. The lowest BCUT2D eigenvalue weighted by Crippen LogP contribution is -2.34. The van der Waals surface area contributed by atoms with Crippen LogP contribution in [0.3, 0.4) is 0 Å². The summed E-state index contributed by atoms with van der Waals surface area (Å²) >= 11 is 0. The molecule has 0 saturated heterocycles. The quantitative estimate of drug-likeness (QED) is 0.284. The van der Waals surface area contributed by atoms with Gasteiger partial charge >= 0.3 is 0 Å². The fourth-order valence-corrected chi connectivity index (χ4v) is 4.45. The predicted octanol–water partition coefficient (Wildman–Crippen LogP) is 5.38. The van der Waals surface area contributed by atoms with Crippen molar-refractivity contribution in [2.24, 2.45) is 0 Å². The molecule has 0 saturated carbocycles. The molecule has 2 aromatic heterocycles. The van der Waals surface area contributed by atoms with Gasteiger partial charge in [0.15, 0.2) is 0 Å². The highest BCUT2D eigenvalue weighted by Gasteiger charge is 2.32. The van der Waals surface area contributed by atoms with Gasteiger partial charge in [-0.1, -0.05) is 37.3 Å². The van der Waals surface area contributed by atoms with E-state index in [-0.39, 0.29) is 30.0 Å². The van der Waals surface area contributed by atoms with Gasteiger partial charge in [-0.05, 0) is 48.4 Å². The number of amides is 2. The zero-order chi connectivity index (χ0) is 25.1. The van der Waals surface area contributed by atoms with E-state index in [1.165, 1.54) is 12.1 Å². The average molecular weight is 484 g/mol. The number of benzene rings is 2. The van der Waals surface area contributed by atoms with Gasteiger partial charge in [0.05, 0.1) is 23.4 Å². The molecular weight excluding hydrogens is 457 g/mol. The van der Waals surface area contributed by atoms with Crippen LogP contribution in [0.15, 0.2) is 72.9 Å². The van der Waals surface area contributed by atoms with Crippen LogP contribution in [-0.2, 0) is 11.2 Å². The Morgan fingerprint density at radius 2 is 1.89 bits per heavy atom. The van der Waals surface area contributed by atoms with E-state index < -0.39 is 0 Å². The number of rotatable bonds is 7. The maximum atomic E-state index is 13.2. The lowest BCUT2D eigenvalue weighted by atomic mass is 9.94. The summed E-state index contributed by atoms with van der Waals surface area (Å²) in [6.07, 6.45) is 2.59. The zero-order valence-corrected chi connectivity index (χ0v) is 19.8. The summed E-state index contributed by atoms with van der Waals surface area (Å²) < 4.78 is 13.2. The van der Waals surface area contributed by atoms with Crippen LogP contribution in [0.2, 0.25) is 0 Å². The largest absolute Gasteiger partial charge is 0.356 e. The number of nitrogens with one attached hydrogen (secondary N) is 4. The Bertz CT molecular complexity index is 1400. The summed E-state index contributed by atoms with van der Waals surface area (Å²) in [4.78, 5) is 33.3. The Balaban J connectivity index is 1.48. The SMILES string of the molecule is CC[C@H]1CNC(=O)c2c1[nH]c(-c1ccnc(NC(=O)Cc3ccc(F)cc3)c1)c2Nc1ccccc1. The Morgan fingerprint density at radius 1 is 1.11 bits per heavy atom. The van der Waals surface area contributed by atoms with Crippen molar-refractivity contribution in [3.05, 3.63) is 95.6 Å². The van der Waals surface area contributed by atoms with Crippen molar-refractivity contribution in [1.82, 2.24) is 15.3 Å². The summed E-state index contributed by atoms with van der Waals surface area (Å²) in [5, 5.41) is 9.24. The first kappa shape index (κ1) is 23.3. The molecule has 1 atom stereocenters. The number of hydrogen-bond acceptors (Lipinski definition) is 4. The molecule has 5 rings (SSSR count). The van der Waals surface area contributed by atoms with Crippen LogP contribution in [0.25, 0.3) is 11.3 Å². The van der Waals surface area contributed by atoms with Gasteiger partial charge in [0, 0.05) is 35.6 Å². The summed E-state index contributed by atoms with van der Waals surface area (Å²) in [7, 11) is 0. The molecule has 2 amide bonds. The predicted molar refractivity (Wildman–Crippen MR) is 138 cm³/mol. The Kier molecular flexibility index (Phi) is 6.49. The van der Waals surface area contributed by atoms with E-state index in [1.807, 2.05) is 36.4 Å². The molecule has 4 aromatic rings. The normalized spacial score (nSPS) is 14.6. The zero-order valence-electron chi connectivity index (χ0n) is 19.8. The topological polar surface area (TPSA) is 98.9 Å². The first-order chi connectivity index (χ1) is 17.5. The molecule has 0 bridgehead atoms. The molecule has 0 aliphatic carbocycles. The summed E-state index contributed by atoms with van der Waals surface area (Å²) in [5.41, 5.74) is 5.26. The van der Waals surface area contributed by atoms with Gasteiger partial charge in [0.2, 0.25) is 5.91 Å². The van der Waals surface area contributed by atoms with Crippen LogP contribution in [0.4, 0.5) is 21.6 Å². The number of H-pyrrole nitrogens is 1. The number of carbonyl (C=O) groups is 2. The molecule has 2 aromatic carbocycles. The summed E-state index contributed by atoms with van der Waals surface area (Å²) in [6.45, 7) is 2.67. The lowest BCUT2D eigenvalue weighted by Gasteiger charge is -2.22. The number of hydrogen-bond donors (Lipinski definition) is 4. The average Bonchev–Trinajstić information content (AvgIpc) is 3.26. The summed E-state index contributed by atoms with van der Waals surface area (Å²) in [6, 6.07) is 19.1. The van der Waals surface area contributed by atoms with Crippen LogP contribution >= 0.6 is 0 Å². The van der Waals surface area contributed by atoms with Gasteiger partial charge in [-0.3, -0.25) is 9.59 Å². The number of pyridine rings is 1. The minimum absolute atomic E-state index is 0.0994. The number of aromatic amines is 1. The number of nitrogens with zero attached hydrogens (tertiary/aromatic N) is 1. The van der Waals surface area contributed by atoms with Crippen molar-refractivity contribution in [2.45, 2.75) is 25.7 Å². The third kappa shape index (κ3) is 4.84. The molecule has 7 nitrogen and oxygen atoms in total. The molecule has 0 unspecified atom stereocenters. The Morgan fingerprint density at radius 3 is 2.64 bits per heavy atom. The van der Waals surface area contributed by atoms with Gasteiger partial charge in [0.1, 0.15) is 11.6 Å². The highest BCUT2D eigenvalue weighted by molar-refractivity contribution is 6.06. The molecule has 8 heteroatoms. The standard InChI is InChI=1S/C28H26FN5O2/c1-2-18-16-31-28(36)24-25(18)34-26(27(24)32-21-6-4-3-5-7-21)19-12-13-30-22(15-19)33-23(35)14-17-8-10-20(29)11-9-17/h3-13,15,18,32,34H,2,14,16H2,1H3,(H,31,36)(H,30,33,35)/t18-/m0/s1. The first-order valence-electron chi connectivity index (χ1n) is 11.9. The van der Waals surface area contributed by atoms with Crippen LogP contribution < -0.4 is 16.0 Å². The minimum atomic E-state index is -0.346. The fourth-order valence-electron chi connectivity index (χ4n) is 4.45. The van der Waals surface area contributed by atoms with Crippen LogP contribution in [0.5, 0.6) is 0 Å². The van der Waals surface area contributed by atoms with E-state index in [9.17, 15) is 14.0 Å². The third-order valence-electron chi connectivity index (χ3n) is 6.30. The second-order valence-corrected chi connectivity index (χ2v) is 8.75. The van der Waals surface area contributed by atoms with E-state index >= 15 is 0 Å². The van der Waals surface area contributed by atoms with E-state index in [4.69, 9.17) is 0 Å². The number of fused-ring (bicyclic) bond motifs is 1. The van der Waals surface area contributed by atoms with Crippen molar-refractivity contribution in [1.29, 1.82) is 0 Å². The second kappa shape index (κ2) is 10.0. The number of para-hydroxylation sites is 1. The maximum absolute atomic E-state index is 13.2. The second-order valence-electron chi connectivity index (χ2n) is 8.75. The van der Waals surface area contributed by atoms with Crippen molar-refractivity contribution < 1.29 is 14.0 Å². The maximum Gasteiger partial charge on any atom is 0.255 e. The fraction of sp³-hybridized carbons (Fsp3) is 0.179. The van der Waals surface area contributed by atoms with E-state index in [0.29, 0.717) is 29.2 Å². The first-order valence-corrected chi connectivity index (χ1v) is 11.9. The van der Waals surface area contributed by atoms with E-state index in [2.05, 4.69) is 32.8 Å². The van der Waals surface area contributed by atoms with Crippen molar-refractivity contribution >= 4 is 29.0 Å². The minimum Gasteiger partial charge on any atom is -0.356 e. The van der Waals surface area contributed by atoms with E-state index in [0.717, 1.165) is 29.1 Å². The van der Waals surface area contributed by atoms with Crippen molar-refractivity contribution in [3.63, 3.8) is 0 Å². The highest BCUT2D eigenvalue weighted by atomic mass is 19.1. The monoisotopic (exact) mass is 483 g/mol. The summed E-state index contributed by atoms with van der Waals surface area (Å²) in [5.74, 6) is -0.183. The molecule has 0 radical (unpaired) electrons. The number of carbonyl (C=O) groups excluding carboxylic acids is 2. The van der Waals surface area contributed by atoms with Gasteiger partial charge in [-0.15, -0.1) is 0 Å². The third-order valence-corrected chi connectivity index (χ3v) is 6.30. The molecule has 36 heavy (non-hydrogen) atoms. The molecule has 1 aliphatic rings. The molecule has 0 spiro atoms. The molecule has 4 N–H and O–H groups in total. The molecular formula is C28H26FN5O2. The molecule has 182 valence electrons. The number of halogens is 1. The highest BCUT2D eigenvalue weighted by Crippen LogP contribution is 2.40.